The second kappa shape index (κ2) is 12.3. The molecule has 0 aliphatic carbocycles. The second-order valence-corrected chi connectivity index (χ2v) is 7.66. The van der Waals surface area contributed by atoms with Gasteiger partial charge in [-0.2, -0.15) is 0 Å². The number of hydrogen-bond acceptors (Lipinski definition) is 5. The number of ether oxygens (including phenoxy) is 1. The van der Waals surface area contributed by atoms with Gasteiger partial charge in [-0.25, -0.2) is 4.99 Å². The number of benzene rings is 1. The van der Waals surface area contributed by atoms with Gasteiger partial charge in [-0.1, -0.05) is 18.2 Å². The van der Waals surface area contributed by atoms with Crippen molar-refractivity contribution >= 4 is 41.7 Å². The molecule has 1 atom stereocenters. The van der Waals surface area contributed by atoms with E-state index in [-0.39, 0.29) is 30.1 Å². The van der Waals surface area contributed by atoms with E-state index in [0.717, 1.165) is 55.9 Å². The number of halogens is 1. The normalized spacial score (nSPS) is 16.6. The summed E-state index contributed by atoms with van der Waals surface area (Å²) in [5.41, 5.74) is 0. The van der Waals surface area contributed by atoms with Crippen LogP contribution in [0.3, 0.4) is 0 Å². The van der Waals surface area contributed by atoms with E-state index in [0.29, 0.717) is 6.54 Å². The monoisotopic (exact) mass is 516 g/mol. The molecule has 28 heavy (non-hydrogen) atoms. The topological polar surface area (TPSA) is 76.4 Å². The van der Waals surface area contributed by atoms with Gasteiger partial charge in [0, 0.05) is 37.4 Å². The summed E-state index contributed by atoms with van der Waals surface area (Å²) < 4.78 is 7.66. The van der Waals surface area contributed by atoms with E-state index < -0.39 is 0 Å². The molecule has 1 unspecified atom stereocenters. The molecule has 0 amide bonds. The largest absolute Gasteiger partial charge is 0.376 e. The van der Waals surface area contributed by atoms with Gasteiger partial charge in [0.25, 0.3) is 0 Å². The molecule has 0 bridgehead atoms. The Balaban J connectivity index is 0.00000280. The number of aromatic nitrogens is 3. The molecule has 1 fully saturated rings. The SMILES string of the molecule is Cc1nnc(CN=C(NCCSc2ccccc2)NCC2CCCO2)n1C.I. The molecule has 1 saturated heterocycles. The lowest BCUT2D eigenvalue weighted by Gasteiger charge is -2.15. The molecule has 2 heterocycles. The molecule has 9 heteroatoms. The van der Waals surface area contributed by atoms with E-state index in [1.807, 2.05) is 36.4 Å². The van der Waals surface area contributed by atoms with E-state index in [1.54, 1.807) is 0 Å². The zero-order valence-electron chi connectivity index (χ0n) is 16.4. The highest BCUT2D eigenvalue weighted by atomic mass is 127. The number of nitrogens with one attached hydrogen (secondary N) is 2. The first kappa shape index (κ1) is 23.0. The summed E-state index contributed by atoms with van der Waals surface area (Å²) in [5, 5.41) is 15.1. The summed E-state index contributed by atoms with van der Waals surface area (Å²) in [6.07, 6.45) is 2.51. The molecule has 0 spiro atoms. The molecule has 0 radical (unpaired) electrons. The third-order valence-electron chi connectivity index (χ3n) is 4.49. The Morgan fingerprint density at radius 1 is 1.29 bits per heavy atom. The Bertz CT molecular complexity index is 733. The maximum Gasteiger partial charge on any atom is 0.191 e. The number of aliphatic imine (C=N–C) groups is 1. The highest BCUT2D eigenvalue weighted by molar-refractivity contribution is 14.0. The second-order valence-electron chi connectivity index (χ2n) is 6.49. The third kappa shape index (κ3) is 7.25. The van der Waals surface area contributed by atoms with Gasteiger partial charge in [0.1, 0.15) is 12.4 Å². The van der Waals surface area contributed by atoms with E-state index in [4.69, 9.17) is 4.74 Å². The predicted molar refractivity (Wildman–Crippen MR) is 124 cm³/mol. The highest BCUT2D eigenvalue weighted by Crippen LogP contribution is 2.15. The average molecular weight is 516 g/mol. The van der Waals surface area contributed by atoms with Crippen molar-refractivity contribution in [2.75, 3.05) is 25.4 Å². The van der Waals surface area contributed by atoms with Gasteiger partial charge in [0.15, 0.2) is 11.8 Å². The minimum absolute atomic E-state index is 0. The molecule has 0 saturated carbocycles. The molecule has 154 valence electrons. The van der Waals surface area contributed by atoms with Crippen molar-refractivity contribution in [3.8, 4) is 0 Å². The smallest absolute Gasteiger partial charge is 0.191 e. The van der Waals surface area contributed by atoms with Crippen LogP contribution in [0.4, 0.5) is 0 Å². The van der Waals surface area contributed by atoms with Gasteiger partial charge in [0.05, 0.1) is 6.10 Å². The van der Waals surface area contributed by atoms with Crippen LogP contribution in [0.5, 0.6) is 0 Å². The van der Waals surface area contributed by atoms with Gasteiger partial charge in [-0.05, 0) is 31.9 Å². The van der Waals surface area contributed by atoms with E-state index >= 15 is 0 Å². The van der Waals surface area contributed by atoms with Gasteiger partial charge < -0.3 is 19.9 Å². The average Bonchev–Trinajstić information content (AvgIpc) is 3.32. The lowest BCUT2D eigenvalue weighted by atomic mass is 10.2. The molecule has 3 rings (SSSR count). The van der Waals surface area contributed by atoms with Gasteiger partial charge in [-0.3, -0.25) is 0 Å². The Morgan fingerprint density at radius 3 is 2.79 bits per heavy atom. The summed E-state index contributed by atoms with van der Waals surface area (Å²) in [6.45, 7) is 4.89. The van der Waals surface area contributed by atoms with E-state index in [2.05, 4.69) is 50.1 Å². The number of guanidine groups is 1. The maximum atomic E-state index is 5.70. The van der Waals surface area contributed by atoms with Gasteiger partial charge in [-0.15, -0.1) is 45.9 Å². The Labute approximate surface area is 188 Å². The Morgan fingerprint density at radius 2 is 2.11 bits per heavy atom. The van der Waals surface area contributed by atoms with Crippen LogP contribution in [0.25, 0.3) is 0 Å². The zero-order valence-corrected chi connectivity index (χ0v) is 19.6. The van der Waals surface area contributed by atoms with Crippen molar-refractivity contribution in [3.63, 3.8) is 0 Å². The summed E-state index contributed by atoms with van der Waals surface area (Å²) in [6, 6.07) is 10.4. The number of thioether (sulfide) groups is 1. The van der Waals surface area contributed by atoms with Crippen molar-refractivity contribution in [3.05, 3.63) is 42.0 Å². The number of aryl methyl sites for hydroxylation is 1. The molecule has 1 aliphatic rings. The quantitative estimate of drug-likeness (QED) is 0.185. The number of rotatable bonds is 8. The van der Waals surface area contributed by atoms with Crippen LogP contribution >= 0.6 is 35.7 Å². The molecule has 1 aromatic heterocycles. The minimum atomic E-state index is 0. The fraction of sp³-hybridized carbons (Fsp3) is 0.526. The highest BCUT2D eigenvalue weighted by Gasteiger charge is 2.15. The van der Waals surface area contributed by atoms with E-state index in [9.17, 15) is 0 Å². The molecule has 2 N–H and O–H groups in total. The zero-order chi connectivity index (χ0) is 18.9. The standard InChI is InChI=1S/C19H28N6OS.HI/c1-15-23-24-18(25(15)2)14-22-19(21-13-16-7-6-11-26-16)20-10-12-27-17-8-4-3-5-9-17;/h3-5,8-9,16H,6-7,10-14H2,1-2H3,(H2,20,21,22);1H. The summed E-state index contributed by atoms with van der Waals surface area (Å²) in [4.78, 5) is 5.96. The van der Waals surface area contributed by atoms with Gasteiger partial charge in [0.2, 0.25) is 0 Å². The summed E-state index contributed by atoms with van der Waals surface area (Å²) >= 11 is 1.83. The van der Waals surface area contributed by atoms with Crippen molar-refractivity contribution < 1.29 is 4.74 Å². The van der Waals surface area contributed by atoms with Crippen LogP contribution in [-0.2, 0) is 18.3 Å². The lowest BCUT2D eigenvalue weighted by Crippen LogP contribution is -2.42. The summed E-state index contributed by atoms with van der Waals surface area (Å²) in [7, 11) is 1.96. The van der Waals surface area contributed by atoms with Gasteiger partial charge >= 0.3 is 0 Å². The van der Waals surface area contributed by atoms with E-state index in [1.165, 1.54) is 4.90 Å². The van der Waals surface area contributed by atoms with Crippen LogP contribution < -0.4 is 10.6 Å². The first-order valence-corrected chi connectivity index (χ1v) is 10.4. The maximum absolute atomic E-state index is 5.70. The van der Waals surface area contributed by atoms with Crippen LogP contribution in [0.15, 0.2) is 40.2 Å². The predicted octanol–water partition coefficient (Wildman–Crippen LogP) is 2.75. The van der Waals surface area contributed by atoms with Crippen molar-refractivity contribution in [2.45, 2.75) is 37.3 Å². The first-order chi connectivity index (χ1) is 13.2. The third-order valence-corrected chi connectivity index (χ3v) is 5.50. The summed E-state index contributed by atoms with van der Waals surface area (Å²) in [5.74, 6) is 3.50. The Kier molecular flexibility index (Phi) is 10.1. The first-order valence-electron chi connectivity index (χ1n) is 9.39. The van der Waals surface area contributed by atoms with Crippen LogP contribution in [0, 0.1) is 6.92 Å². The van der Waals surface area contributed by atoms with Crippen molar-refractivity contribution in [2.24, 2.45) is 12.0 Å². The molecule has 1 aliphatic heterocycles. The molecular weight excluding hydrogens is 487 g/mol. The molecule has 1 aromatic carbocycles. The number of nitrogens with zero attached hydrogens (tertiary/aromatic N) is 4. The number of hydrogen-bond donors (Lipinski definition) is 2. The fourth-order valence-electron chi connectivity index (χ4n) is 2.78. The molecule has 7 nitrogen and oxygen atoms in total. The van der Waals surface area contributed by atoms with Crippen LogP contribution in [0.2, 0.25) is 0 Å². The van der Waals surface area contributed by atoms with Crippen LogP contribution in [-0.4, -0.2) is 52.3 Å². The fourth-order valence-corrected chi connectivity index (χ4v) is 3.57. The Hall–Kier alpha value is -1.33. The minimum Gasteiger partial charge on any atom is -0.376 e. The molecular formula is C19H29IN6OS. The molecule has 2 aromatic rings. The van der Waals surface area contributed by atoms with Crippen molar-refractivity contribution in [1.82, 2.24) is 25.4 Å². The van der Waals surface area contributed by atoms with Crippen molar-refractivity contribution in [1.29, 1.82) is 0 Å². The lowest BCUT2D eigenvalue weighted by molar-refractivity contribution is 0.114. The van der Waals surface area contributed by atoms with Crippen LogP contribution in [0.1, 0.15) is 24.5 Å².